The smallest absolute Gasteiger partial charge is 0.252 e. The number of benzene rings is 1. The van der Waals surface area contributed by atoms with Crippen LogP contribution in [0.5, 0.6) is 0 Å². The van der Waals surface area contributed by atoms with Crippen LogP contribution in [0.3, 0.4) is 0 Å². The number of piperidine rings is 1. The van der Waals surface area contributed by atoms with Crippen LogP contribution in [0, 0.1) is 19.8 Å². The first kappa shape index (κ1) is 18.3. The molecular weight excluding hydrogens is 358 g/mol. The Morgan fingerprint density at radius 1 is 1.28 bits per heavy atom. The van der Waals surface area contributed by atoms with Crippen LogP contribution in [0.2, 0.25) is 0 Å². The fourth-order valence-electron chi connectivity index (χ4n) is 3.30. The van der Waals surface area contributed by atoms with Gasteiger partial charge in [0.1, 0.15) is 0 Å². The van der Waals surface area contributed by atoms with Gasteiger partial charge in [0.25, 0.3) is 5.91 Å². The van der Waals surface area contributed by atoms with Gasteiger partial charge in [-0.05, 0) is 37.8 Å². The second kappa shape index (κ2) is 6.66. The largest absolute Gasteiger partial charge is 0.319 e. The first-order chi connectivity index (χ1) is 11.7. The van der Waals surface area contributed by atoms with E-state index in [1.807, 2.05) is 18.5 Å². The van der Waals surface area contributed by atoms with E-state index < -0.39 is 10.0 Å². The molecule has 6 nitrogen and oxygen atoms in total. The van der Waals surface area contributed by atoms with E-state index in [4.69, 9.17) is 0 Å². The number of nitrogens with zero attached hydrogens (tertiary/aromatic N) is 3. The van der Waals surface area contributed by atoms with Gasteiger partial charge >= 0.3 is 0 Å². The number of aryl methyl sites for hydroxylation is 3. The third-order valence-corrected chi connectivity index (χ3v) is 7.29. The van der Waals surface area contributed by atoms with Crippen LogP contribution in [-0.4, -0.2) is 42.5 Å². The molecular formula is C17H23N3O3S2. The van der Waals surface area contributed by atoms with E-state index in [9.17, 15) is 13.2 Å². The standard InChI is InChI=1S/C17H23N3O3S2/c1-11-7-8-12(2)15-14(11)19(3)17(24-15)18-16(21)13-6-5-9-20(10-13)25(4,22)23/h7-8,13H,5-6,9-10H2,1-4H3. The number of carbonyl (C=O) groups is 1. The Labute approximate surface area is 151 Å². The molecule has 1 atom stereocenters. The van der Waals surface area contributed by atoms with E-state index in [2.05, 4.69) is 24.0 Å². The van der Waals surface area contributed by atoms with Crippen LogP contribution in [0.1, 0.15) is 24.0 Å². The highest BCUT2D eigenvalue weighted by Gasteiger charge is 2.30. The highest BCUT2D eigenvalue weighted by molar-refractivity contribution is 7.88. The van der Waals surface area contributed by atoms with Crippen LogP contribution < -0.4 is 4.80 Å². The van der Waals surface area contributed by atoms with Crippen molar-refractivity contribution in [2.24, 2.45) is 18.0 Å². The van der Waals surface area contributed by atoms with E-state index in [1.165, 1.54) is 21.9 Å². The number of fused-ring (bicyclic) bond motifs is 1. The molecule has 1 saturated heterocycles. The molecule has 1 aliphatic rings. The Kier molecular flexibility index (Phi) is 4.87. The first-order valence-electron chi connectivity index (χ1n) is 8.28. The van der Waals surface area contributed by atoms with Crippen molar-refractivity contribution in [2.45, 2.75) is 26.7 Å². The van der Waals surface area contributed by atoms with Gasteiger partial charge in [0.15, 0.2) is 4.80 Å². The Bertz CT molecular complexity index is 1000. The summed E-state index contributed by atoms with van der Waals surface area (Å²) >= 11 is 1.51. The van der Waals surface area contributed by atoms with Crippen LogP contribution in [0.25, 0.3) is 10.2 Å². The molecule has 2 aromatic rings. The van der Waals surface area contributed by atoms with E-state index in [0.29, 0.717) is 24.2 Å². The number of hydrogen-bond donors (Lipinski definition) is 0. The summed E-state index contributed by atoms with van der Waals surface area (Å²) in [6, 6.07) is 4.14. The fourth-order valence-corrected chi connectivity index (χ4v) is 5.38. The van der Waals surface area contributed by atoms with Gasteiger partial charge in [-0.2, -0.15) is 4.99 Å². The minimum absolute atomic E-state index is 0.230. The second-order valence-corrected chi connectivity index (χ2v) is 9.69. The van der Waals surface area contributed by atoms with Crippen LogP contribution >= 0.6 is 11.3 Å². The van der Waals surface area contributed by atoms with Gasteiger partial charge in [-0.25, -0.2) is 12.7 Å². The molecule has 1 aromatic carbocycles. The Morgan fingerprint density at radius 2 is 1.96 bits per heavy atom. The molecule has 3 rings (SSSR count). The number of rotatable bonds is 2. The minimum atomic E-state index is -3.27. The number of amides is 1. The molecule has 0 saturated carbocycles. The van der Waals surface area contributed by atoms with Crippen molar-refractivity contribution in [1.82, 2.24) is 8.87 Å². The molecule has 8 heteroatoms. The molecule has 25 heavy (non-hydrogen) atoms. The molecule has 0 aliphatic carbocycles. The molecule has 1 unspecified atom stereocenters. The zero-order chi connectivity index (χ0) is 18.4. The average molecular weight is 382 g/mol. The maximum Gasteiger partial charge on any atom is 0.252 e. The molecule has 0 bridgehead atoms. The predicted octanol–water partition coefficient (Wildman–Crippen LogP) is 1.96. The number of sulfonamides is 1. The van der Waals surface area contributed by atoms with Crippen molar-refractivity contribution in [2.75, 3.05) is 19.3 Å². The van der Waals surface area contributed by atoms with E-state index in [-0.39, 0.29) is 18.4 Å². The third-order valence-electron chi connectivity index (χ3n) is 4.75. The van der Waals surface area contributed by atoms with Crippen LogP contribution in [0.15, 0.2) is 17.1 Å². The summed E-state index contributed by atoms with van der Waals surface area (Å²) in [7, 11) is -1.35. The van der Waals surface area contributed by atoms with Gasteiger partial charge in [0.05, 0.1) is 22.4 Å². The molecule has 1 aromatic heterocycles. The molecule has 2 heterocycles. The molecule has 1 amide bonds. The van der Waals surface area contributed by atoms with E-state index in [0.717, 1.165) is 21.3 Å². The number of carbonyl (C=O) groups excluding carboxylic acids is 1. The maximum absolute atomic E-state index is 12.6. The monoisotopic (exact) mass is 381 g/mol. The highest BCUT2D eigenvalue weighted by Crippen LogP contribution is 2.24. The topological polar surface area (TPSA) is 71.7 Å². The van der Waals surface area contributed by atoms with Crippen molar-refractivity contribution in [3.05, 3.63) is 28.1 Å². The normalized spacial score (nSPS) is 20.3. The van der Waals surface area contributed by atoms with Crippen molar-refractivity contribution >= 4 is 37.5 Å². The maximum atomic E-state index is 12.6. The molecule has 1 fully saturated rings. The summed E-state index contributed by atoms with van der Waals surface area (Å²) in [5.41, 5.74) is 3.41. The van der Waals surface area contributed by atoms with E-state index >= 15 is 0 Å². The first-order valence-corrected chi connectivity index (χ1v) is 10.9. The summed E-state index contributed by atoms with van der Waals surface area (Å²) < 4.78 is 28.0. The molecule has 1 aliphatic heterocycles. The predicted molar refractivity (Wildman–Crippen MR) is 100.0 cm³/mol. The SMILES string of the molecule is Cc1ccc(C)c2c1sc(=NC(=O)C1CCCN(S(C)(=O)=O)C1)n2C. The molecule has 0 N–H and O–H groups in total. The van der Waals surface area contributed by atoms with Crippen molar-refractivity contribution < 1.29 is 13.2 Å². The van der Waals surface area contributed by atoms with E-state index in [1.54, 1.807) is 0 Å². The second-order valence-electron chi connectivity index (χ2n) is 6.73. The van der Waals surface area contributed by atoms with Crippen LogP contribution in [0.4, 0.5) is 0 Å². The van der Waals surface area contributed by atoms with Gasteiger partial charge in [-0.15, -0.1) is 0 Å². The summed E-state index contributed by atoms with van der Waals surface area (Å²) in [4.78, 5) is 17.6. The lowest BCUT2D eigenvalue weighted by Gasteiger charge is -2.28. The summed E-state index contributed by atoms with van der Waals surface area (Å²) in [6.45, 7) is 4.81. The zero-order valence-electron chi connectivity index (χ0n) is 14.9. The summed E-state index contributed by atoms with van der Waals surface area (Å²) in [6.07, 6.45) is 2.56. The van der Waals surface area contributed by atoms with Gasteiger partial charge < -0.3 is 4.57 Å². The molecule has 136 valence electrons. The number of hydrogen-bond acceptors (Lipinski definition) is 4. The molecule has 0 spiro atoms. The van der Waals surface area contributed by atoms with Crippen LogP contribution in [-0.2, 0) is 21.9 Å². The summed E-state index contributed by atoms with van der Waals surface area (Å²) in [5, 5.41) is 0. The highest BCUT2D eigenvalue weighted by atomic mass is 32.2. The minimum Gasteiger partial charge on any atom is -0.319 e. The third kappa shape index (κ3) is 3.56. The van der Waals surface area contributed by atoms with Crippen molar-refractivity contribution in [3.8, 4) is 0 Å². The number of thiazole rings is 1. The zero-order valence-corrected chi connectivity index (χ0v) is 16.6. The molecule has 0 radical (unpaired) electrons. The fraction of sp³-hybridized carbons (Fsp3) is 0.529. The Balaban J connectivity index is 1.97. The lowest BCUT2D eigenvalue weighted by atomic mass is 9.99. The lowest BCUT2D eigenvalue weighted by molar-refractivity contribution is -0.122. The number of aromatic nitrogens is 1. The summed E-state index contributed by atoms with van der Waals surface area (Å²) in [5.74, 6) is -0.596. The average Bonchev–Trinajstić information content (AvgIpc) is 2.88. The lowest BCUT2D eigenvalue weighted by Crippen LogP contribution is -2.41. The van der Waals surface area contributed by atoms with Gasteiger partial charge in [0, 0.05) is 20.1 Å². The van der Waals surface area contributed by atoms with Gasteiger partial charge in [-0.3, -0.25) is 4.79 Å². The Hall–Kier alpha value is -1.51. The van der Waals surface area contributed by atoms with Crippen molar-refractivity contribution in [1.29, 1.82) is 0 Å². The van der Waals surface area contributed by atoms with Crippen molar-refractivity contribution in [3.63, 3.8) is 0 Å². The Morgan fingerprint density at radius 3 is 2.60 bits per heavy atom. The van der Waals surface area contributed by atoms with Gasteiger partial charge in [-0.1, -0.05) is 23.5 Å². The quantitative estimate of drug-likeness (QED) is 0.798. The van der Waals surface area contributed by atoms with Gasteiger partial charge in [0.2, 0.25) is 10.0 Å².